The molecule has 1 aliphatic rings. The van der Waals surface area contributed by atoms with Crippen molar-refractivity contribution in [3.8, 4) is 0 Å². The van der Waals surface area contributed by atoms with Crippen LogP contribution in [0.3, 0.4) is 0 Å². The highest BCUT2D eigenvalue weighted by Gasteiger charge is 2.45. The van der Waals surface area contributed by atoms with Crippen molar-refractivity contribution in [1.29, 1.82) is 0 Å². The lowest BCUT2D eigenvalue weighted by molar-refractivity contribution is -0.0583. The number of anilines is 1. The zero-order valence-electron chi connectivity index (χ0n) is 11.1. The maximum atomic E-state index is 11.8. The van der Waals surface area contributed by atoms with Crippen LogP contribution in [0, 0.1) is 0 Å². The van der Waals surface area contributed by atoms with Crippen LogP contribution in [0.25, 0.3) is 11.2 Å². The van der Waals surface area contributed by atoms with Gasteiger partial charge in [0, 0.05) is 7.11 Å². The van der Waals surface area contributed by atoms with Gasteiger partial charge in [-0.3, -0.25) is 14.3 Å². The molecule has 0 radical (unpaired) electrons. The van der Waals surface area contributed by atoms with E-state index in [9.17, 15) is 15.0 Å². The largest absolute Gasteiger partial charge is 0.394 e. The highest BCUT2D eigenvalue weighted by molar-refractivity contribution is 5.70. The molecule has 2 aromatic heterocycles. The van der Waals surface area contributed by atoms with Gasteiger partial charge in [0.2, 0.25) is 5.95 Å². The van der Waals surface area contributed by atoms with Crippen molar-refractivity contribution in [3.63, 3.8) is 0 Å². The third-order valence-corrected chi connectivity index (χ3v) is 3.49. The summed E-state index contributed by atoms with van der Waals surface area (Å²) in [4.78, 5) is 22.1. The molecular weight excluding hydrogens is 282 g/mol. The minimum atomic E-state index is -1.01. The molecule has 3 rings (SSSR count). The zero-order valence-corrected chi connectivity index (χ0v) is 11.1. The molecule has 0 unspecified atom stereocenters. The van der Waals surface area contributed by atoms with Crippen molar-refractivity contribution in [1.82, 2.24) is 19.5 Å². The molecule has 0 bridgehead atoms. The molecule has 1 aliphatic heterocycles. The van der Waals surface area contributed by atoms with Crippen LogP contribution in [0.15, 0.2) is 11.1 Å². The number of hydrogen-bond acceptors (Lipinski definition) is 8. The van der Waals surface area contributed by atoms with Gasteiger partial charge in [-0.1, -0.05) is 0 Å². The smallest absolute Gasteiger partial charge is 0.280 e. The first-order chi connectivity index (χ1) is 10.1. The van der Waals surface area contributed by atoms with Crippen molar-refractivity contribution in [2.24, 2.45) is 0 Å². The Morgan fingerprint density at radius 1 is 1.62 bits per heavy atom. The van der Waals surface area contributed by atoms with E-state index in [4.69, 9.17) is 15.2 Å². The van der Waals surface area contributed by atoms with E-state index in [1.165, 1.54) is 18.0 Å². The maximum Gasteiger partial charge on any atom is 0.280 e. The molecule has 1 fully saturated rings. The molecule has 21 heavy (non-hydrogen) atoms. The third kappa shape index (κ3) is 2.08. The van der Waals surface area contributed by atoms with Gasteiger partial charge in [-0.15, -0.1) is 0 Å². The zero-order chi connectivity index (χ0) is 15.1. The van der Waals surface area contributed by atoms with Crippen LogP contribution in [-0.4, -0.2) is 61.8 Å². The Labute approximate surface area is 118 Å². The lowest BCUT2D eigenvalue weighted by Crippen LogP contribution is -2.34. The lowest BCUT2D eigenvalue weighted by Gasteiger charge is -2.19. The van der Waals surface area contributed by atoms with Gasteiger partial charge in [0.25, 0.3) is 5.56 Å². The number of aromatic nitrogens is 4. The molecule has 0 saturated carbocycles. The van der Waals surface area contributed by atoms with Crippen LogP contribution in [0.5, 0.6) is 0 Å². The first-order valence-corrected chi connectivity index (χ1v) is 6.26. The van der Waals surface area contributed by atoms with E-state index in [1.807, 2.05) is 0 Å². The second-order valence-electron chi connectivity index (χ2n) is 4.71. The molecule has 2 aromatic rings. The van der Waals surface area contributed by atoms with E-state index < -0.39 is 30.1 Å². The summed E-state index contributed by atoms with van der Waals surface area (Å²) in [7, 11) is 1.41. The third-order valence-electron chi connectivity index (χ3n) is 3.49. The number of rotatable bonds is 3. The summed E-state index contributed by atoms with van der Waals surface area (Å²) >= 11 is 0. The Kier molecular flexibility index (Phi) is 3.37. The van der Waals surface area contributed by atoms with Crippen LogP contribution in [0.2, 0.25) is 0 Å². The van der Waals surface area contributed by atoms with Crippen molar-refractivity contribution in [3.05, 3.63) is 16.7 Å². The van der Waals surface area contributed by atoms with Gasteiger partial charge in [0.05, 0.1) is 12.9 Å². The van der Waals surface area contributed by atoms with Crippen LogP contribution in [0.1, 0.15) is 6.23 Å². The number of ether oxygens (including phenoxy) is 2. The Balaban J connectivity index is 2.10. The fraction of sp³-hybridized carbons (Fsp3) is 0.545. The lowest BCUT2D eigenvalue weighted by atomic mass is 10.1. The van der Waals surface area contributed by atoms with E-state index in [0.29, 0.717) is 0 Å². The van der Waals surface area contributed by atoms with Crippen molar-refractivity contribution < 1.29 is 19.7 Å². The second-order valence-corrected chi connectivity index (χ2v) is 4.71. The van der Waals surface area contributed by atoms with E-state index in [-0.39, 0.29) is 23.7 Å². The number of aliphatic hydroxyl groups is 2. The number of nitrogens with two attached hydrogens (primary N) is 1. The normalized spacial score (nSPS) is 29.3. The summed E-state index contributed by atoms with van der Waals surface area (Å²) in [6, 6.07) is 0. The molecule has 0 aliphatic carbocycles. The van der Waals surface area contributed by atoms with Crippen LogP contribution in [-0.2, 0) is 9.47 Å². The number of nitrogens with one attached hydrogen (secondary N) is 1. The molecule has 4 atom stereocenters. The Morgan fingerprint density at radius 2 is 2.38 bits per heavy atom. The standard InChI is InChI=1S/C11H15N5O5/c1-20-7-6(18)4(2-17)21-10(7)16-3-13-5-8(16)14-11(12)15-9(5)19/h3-4,6-7,10,17-18H,2H2,1H3,(H3,12,14,15,19)/t4-,6-,7+,10-/m0/s1. The second kappa shape index (κ2) is 5.07. The molecule has 5 N–H and O–H groups in total. The first kappa shape index (κ1) is 13.9. The highest BCUT2D eigenvalue weighted by Crippen LogP contribution is 2.32. The molecule has 1 saturated heterocycles. The summed E-state index contributed by atoms with van der Waals surface area (Å²) in [5, 5.41) is 19.3. The molecule has 3 heterocycles. The van der Waals surface area contributed by atoms with Crippen LogP contribution in [0.4, 0.5) is 5.95 Å². The molecule has 10 heteroatoms. The topological polar surface area (TPSA) is 149 Å². The van der Waals surface area contributed by atoms with E-state index in [1.54, 1.807) is 0 Å². The van der Waals surface area contributed by atoms with Crippen molar-refractivity contribution >= 4 is 17.1 Å². The molecule has 114 valence electrons. The minimum Gasteiger partial charge on any atom is -0.394 e. The number of fused-ring (bicyclic) bond motifs is 1. The summed E-state index contributed by atoms with van der Waals surface area (Å²) in [6.07, 6.45) is -1.96. The molecule has 0 aromatic carbocycles. The van der Waals surface area contributed by atoms with Gasteiger partial charge in [-0.2, -0.15) is 4.98 Å². The predicted molar refractivity (Wildman–Crippen MR) is 70.4 cm³/mol. The van der Waals surface area contributed by atoms with Crippen molar-refractivity contribution in [2.45, 2.75) is 24.5 Å². The number of imidazole rings is 1. The quantitative estimate of drug-likeness (QED) is 0.506. The number of nitrogens with zero attached hydrogens (tertiary/aromatic N) is 3. The summed E-state index contributed by atoms with van der Waals surface area (Å²) in [5.74, 6) is -0.0551. The van der Waals surface area contributed by atoms with Crippen LogP contribution >= 0.6 is 0 Å². The van der Waals surface area contributed by atoms with Gasteiger partial charge in [0.15, 0.2) is 17.4 Å². The highest BCUT2D eigenvalue weighted by atomic mass is 16.6. The number of methoxy groups -OCH3 is 1. The predicted octanol–water partition coefficient (Wildman–Crippen LogP) is -2.03. The van der Waals surface area contributed by atoms with Crippen LogP contribution < -0.4 is 11.3 Å². The van der Waals surface area contributed by atoms with E-state index in [2.05, 4.69) is 15.0 Å². The fourth-order valence-corrected chi connectivity index (χ4v) is 2.48. The first-order valence-electron chi connectivity index (χ1n) is 6.26. The molecule has 0 spiro atoms. The monoisotopic (exact) mass is 297 g/mol. The number of nitrogen functional groups attached to an aromatic ring is 1. The fourth-order valence-electron chi connectivity index (χ4n) is 2.48. The summed E-state index contributed by atoms with van der Waals surface area (Å²) in [6.45, 7) is -0.361. The van der Waals surface area contributed by atoms with Gasteiger partial charge >= 0.3 is 0 Å². The number of aromatic amines is 1. The number of H-pyrrole nitrogens is 1. The van der Waals surface area contributed by atoms with Gasteiger partial charge in [-0.25, -0.2) is 4.98 Å². The SMILES string of the molecule is CO[C@@H]1[C@@H](O)[C@H](CO)O[C@@H]1n1cnc2c(=O)[nH]c(N)nc21. The van der Waals surface area contributed by atoms with Gasteiger partial charge < -0.3 is 25.4 Å². The number of aliphatic hydroxyl groups excluding tert-OH is 2. The van der Waals surface area contributed by atoms with E-state index in [0.717, 1.165) is 0 Å². The molecule has 0 amide bonds. The molecule has 10 nitrogen and oxygen atoms in total. The van der Waals surface area contributed by atoms with E-state index >= 15 is 0 Å². The minimum absolute atomic E-state index is 0.0551. The van der Waals surface area contributed by atoms with Gasteiger partial charge in [-0.05, 0) is 0 Å². The Hall–Kier alpha value is -2.01. The Bertz CT molecular complexity index is 713. The van der Waals surface area contributed by atoms with Crippen molar-refractivity contribution in [2.75, 3.05) is 19.5 Å². The molecular formula is C11H15N5O5. The summed E-state index contributed by atoms with van der Waals surface area (Å²) in [5.41, 5.74) is 5.38. The number of hydrogen-bond donors (Lipinski definition) is 4. The average Bonchev–Trinajstić information content (AvgIpc) is 2.99. The maximum absolute atomic E-state index is 11.8. The Morgan fingerprint density at radius 3 is 3.05 bits per heavy atom. The van der Waals surface area contributed by atoms with Gasteiger partial charge in [0.1, 0.15) is 18.3 Å². The summed E-state index contributed by atoms with van der Waals surface area (Å²) < 4.78 is 12.2. The average molecular weight is 297 g/mol.